The van der Waals surface area contributed by atoms with Crippen molar-refractivity contribution in [2.45, 2.75) is 6.10 Å². The van der Waals surface area contributed by atoms with E-state index in [0.29, 0.717) is 23.5 Å². The van der Waals surface area contributed by atoms with Crippen LogP contribution in [0.1, 0.15) is 5.56 Å². The molecule has 7 nitrogen and oxygen atoms in total. The standard InChI is InChI=1S/C22H21N3O4/c1-27-18-8-4-16-11-19(9-5-15(16)10-18)28-13-20-12-25(22(26)29-20)17-6-2-14(3-7-17)21(23)24/h2-11,20H,12-13H2,1H3,(H3,23,24). The highest BCUT2D eigenvalue weighted by molar-refractivity contribution is 5.96. The number of amides is 1. The Bertz CT molecular complexity index is 1070. The second-order valence-corrected chi connectivity index (χ2v) is 6.76. The molecule has 0 saturated carbocycles. The SMILES string of the molecule is COc1ccc2cc(OCC3CN(c4ccc(C(=N)N)cc4)C(=O)O3)ccc2c1. The van der Waals surface area contributed by atoms with Crippen LogP contribution >= 0.6 is 0 Å². The fourth-order valence-electron chi connectivity index (χ4n) is 3.25. The van der Waals surface area contributed by atoms with Crippen molar-refractivity contribution < 1.29 is 19.0 Å². The van der Waals surface area contributed by atoms with Crippen LogP contribution in [0.5, 0.6) is 11.5 Å². The minimum atomic E-state index is -0.417. The van der Waals surface area contributed by atoms with E-state index >= 15 is 0 Å². The van der Waals surface area contributed by atoms with Gasteiger partial charge in [0.1, 0.15) is 23.9 Å². The van der Waals surface area contributed by atoms with Crippen LogP contribution in [0.15, 0.2) is 60.7 Å². The van der Waals surface area contributed by atoms with E-state index in [2.05, 4.69) is 0 Å². The summed E-state index contributed by atoms with van der Waals surface area (Å²) in [5.74, 6) is 1.50. The maximum absolute atomic E-state index is 12.2. The number of nitrogens with one attached hydrogen (secondary N) is 1. The van der Waals surface area contributed by atoms with E-state index < -0.39 is 6.09 Å². The lowest BCUT2D eigenvalue weighted by molar-refractivity contribution is 0.105. The van der Waals surface area contributed by atoms with Gasteiger partial charge in [0.2, 0.25) is 0 Å². The van der Waals surface area contributed by atoms with Gasteiger partial charge in [0.05, 0.1) is 13.7 Å². The molecule has 29 heavy (non-hydrogen) atoms. The zero-order valence-corrected chi connectivity index (χ0v) is 15.9. The average molecular weight is 391 g/mol. The second kappa shape index (κ2) is 7.71. The number of hydrogen-bond donors (Lipinski definition) is 2. The molecule has 1 unspecified atom stereocenters. The summed E-state index contributed by atoms with van der Waals surface area (Å²) in [6.07, 6.45) is -0.790. The van der Waals surface area contributed by atoms with E-state index in [1.807, 2.05) is 36.4 Å². The molecule has 0 radical (unpaired) electrons. The molecule has 3 aromatic carbocycles. The summed E-state index contributed by atoms with van der Waals surface area (Å²) in [5, 5.41) is 9.54. The number of fused-ring (bicyclic) bond motifs is 1. The number of cyclic esters (lactones) is 1. The Hall–Kier alpha value is -3.74. The number of carbonyl (C=O) groups excluding carboxylic acids is 1. The van der Waals surface area contributed by atoms with Gasteiger partial charge >= 0.3 is 6.09 Å². The summed E-state index contributed by atoms with van der Waals surface area (Å²) in [4.78, 5) is 13.8. The van der Waals surface area contributed by atoms with Gasteiger partial charge in [-0.1, -0.05) is 12.1 Å². The lowest BCUT2D eigenvalue weighted by Gasteiger charge is -2.14. The smallest absolute Gasteiger partial charge is 0.414 e. The van der Waals surface area contributed by atoms with Crippen molar-refractivity contribution in [3.05, 3.63) is 66.2 Å². The number of methoxy groups -OCH3 is 1. The number of anilines is 1. The third kappa shape index (κ3) is 3.94. The van der Waals surface area contributed by atoms with Crippen molar-refractivity contribution in [3.8, 4) is 11.5 Å². The van der Waals surface area contributed by atoms with Crippen LogP contribution in [0.25, 0.3) is 10.8 Å². The number of nitrogens with two attached hydrogens (primary N) is 1. The molecule has 148 valence electrons. The van der Waals surface area contributed by atoms with E-state index in [1.54, 1.807) is 36.3 Å². The molecule has 0 bridgehead atoms. The molecular weight excluding hydrogens is 370 g/mol. The predicted octanol–water partition coefficient (Wildman–Crippen LogP) is 3.54. The summed E-state index contributed by atoms with van der Waals surface area (Å²) < 4.78 is 16.5. The molecule has 4 rings (SSSR count). The molecule has 0 aliphatic carbocycles. The number of amidine groups is 1. The van der Waals surface area contributed by atoms with Crippen LogP contribution in [0.4, 0.5) is 10.5 Å². The van der Waals surface area contributed by atoms with Crippen LogP contribution in [0.3, 0.4) is 0 Å². The van der Waals surface area contributed by atoms with E-state index in [4.69, 9.17) is 25.4 Å². The molecule has 3 N–H and O–H groups in total. The quantitative estimate of drug-likeness (QED) is 0.495. The Morgan fingerprint density at radius 1 is 1.10 bits per heavy atom. The summed E-state index contributed by atoms with van der Waals surface area (Å²) >= 11 is 0. The van der Waals surface area contributed by atoms with Crippen molar-refractivity contribution in [1.82, 2.24) is 0 Å². The van der Waals surface area contributed by atoms with E-state index in [9.17, 15) is 4.79 Å². The first-order valence-corrected chi connectivity index (χ1v) is 9.17. The van der Waals surface area contributed by atoms with Gasteiger partial charge in [0.15, 0.2) is 6.10 Å². The lowest BCUT2D eigenvalue weighted by atomic mass is 10.1. The molecule has 1 heterocycles. The van der Waals surface area contributed by atoms with Crippen LogP contribution in [0.2, 0.25) is 0 Å². The zero-order valence-electron chi connectivity index (χ0n) is 15.9. The Morgan fingerprint density at radius 3 is 2.41 bits per heavy atom. The van der Waals surface area contributed by atoms with Crippen LogP contribution in [-0.4, -0.2) is 38.3 Å². The van der Waals surface area contributed by atoms with Gasteiger partial charge in [-0.25, -0.2) is 4.79 Å². The molecule has 0 aromatic heterocycles. The summed E-state index contributed by atoms with van der Waals surface area (Å²) in [7, 11) is 1.64. The highest BCUT2D eigenvalue weighted by atomic mass is 16.6. The number of nitrogen functional groups attached to an aromatic ring is 1. The molecule has 0 spiro atoms. The molecule has 1 aliphatic rings. The van der Waals surface area contributed by atoms with Gasteiger partial charge in [-0.15, -0.1) is 0 Å². The topological polar surface area (TPSA) is 97.9 Å². The van der Waals surface area contributed by atoms with Gasteiger partial charge in [-0.2, -0.15) is 0 Å². The Balaban J connectivity index is 1.40. The molecular formula is C22H21N3O4. The number of benzene rings is 3. The van der Waals surface area contributed by atoms with E-state index in [0.717, 1.165) is 16.5 Å². The third-order valence-corrected chi connectivity index (χ3v) is 4.82. The van der Waals surface area contributed by atoms with Gasteiger partial charge in [-0.05, 0) is 59.3 Å². The molecule has 7 heteroatoms. The Labute approximate surface area is 168 Å². The maximum Gasteiger partial charge on any atom is 0.414 e. The second-order valence-electron chi connectivity index (χ2n) is 6.76. The minimum absolute atomic E-state index is 0.0133. The molecule has 1 saturated heterocycles. The lowest BCUT2D eigenvalue weighted by Crippen LogP contribution is -2.26. The monoisotopic (exact) mass is 391 g/mol. The van der Waals surface area contributed by atoms with E-state index in [-0.39, 0.29) is 18.5 Å². The number of hydrogen-bond acceptors (Lipinski definition) is 5. The third-order valence-electron chi connectivity index (χ3n) is 4.82. The first-order chi connectivity index (χ1) is 14.0. The fraction of sp³-hybridized carbons (Fsp3) is 0.182. The van der Waals surface area contributed by atoms with Crippen LogP contribution in [0, 0.1) is 5.41 Å². The summed E-state index contributed by atoms with van der Waals surface area (Å²) in [5.41, 5.74) is 6.77. The normalized spacial score (nSPS) is 16.0. The highest BCUT2D eigenvalue weighted by Crippen LogP contribution is 2.26. The fourth-order valence-corrected chi connectivity index (χ4v) is 3.25. The zero-order chi connectivity index (χ0) is 20.4. The van der Waals surface area contributed by atoms with Gasteiger partial charge < -0.3 is 19.9 Å². The average Bonchev–Trinajstić information content (AvgIpc) is 3.12. The molecule has 1 amide bonds. The summed E-state index contributed by atoms with van der Waals surface area (Å²) in [6.45, 7) is 0.651. The Kier molecular flexibility index (Phi) is 4.95. The van der Waals surface area contributed by atoms with Gasteiger partial charge in [-0.3, -0.25) is 10.3 Å². The molecule has 1 aliphatic heterocycles. The molecule has 1 fully saturated rings. The number of ether oxygens (including phenoxy) is 3. The van der Waals surface area contributed by atoms with E-state index in [1.165, 1.54) is 0 Å². The maximum atomic E-state index is 12.2. The van der Waals surface area contributed by atoms with Crippen LogP contribution in [-0.2, 0) is 4.74 Å². The molecule has 1 atom stereocenters. The number of rotatable bonds is 6. The van der Waals surface area contributed by atoms with Crippen molar-refractivity contribution in [3.63, 3.8) is 0 Å². The summed E-state index contributed by atoms with van der Waals surface area (Å²) in [6, 6.07) is 18.6. The largest absolute Gasteiger partial charge is 0.497 e. The van der Waals surface area contributed by atoms with Crippen molar-refractivity contribution in [1.29, 1.82) is 5.41 Å². The first kappa shape index (κ1) is 18.6. The Morgan fingerprint density at radius 2 is 1.76 bits per heavy atom. The minimum Gasteiger partial charge on any atom is -0.497 e. The van der Waals surface area contributed by atoms with Gasteiger partial charge in [0.25, 0.3) is 0 Å². The highest BCUT2D eigenvalue weighted by Gasteiger charge is 2.32. The first-order valence-electron chi connectivity index (χ1n) is 9.17. The van der Waals surface area contributed by atoms with Crippen LogP contribution < -0.4 is 20.1 Å². The number of carbonyl (C=O) groups is 1. The number of nitrogens with zero attached hydrogens (tertiary/aromatic N) is 1. The van der Waals surface area contributed by atoms with Crippen molar-refractivity contribution >= 4 is 28.4 Å². The van der Waals surface area contributed by atoms with Crippen molar-refractivity contribution in [2.75, 3.05) is 25.2 Å². The predicted molar refractivity (Wildman–Crippen MR) is 111 cm³/mol. The van der Waals surface area contributed by atoms with Gasteiger partial charge in [0, 0.05) is 11.3 Å². The molecule has 3 aromatic rings. The van der Waals surface area contributed by atoms with Crippen molar-refractivity contribution in [2.24, 2.45) is 5.73 Å².